The lowest BCUT2D eigenvalue weighted by molar-refractivity contribution is 0.237. The summed E-state index contributed by atoms with van der Waals surface area (Å²) in [5, 5.41) is 8.95. The van der Waals surface area contributed by atoms with Crippen molar-refractivity contribution in [2.24, 2.45) is 5.92 Å². The third kappa shape index (κ3) is 2.74. The van der Waals surface area contributed by atoms with Gasteiger partial charge in [-0.2, -0.15) is 0 Å². The zero-order valence-electron chi connectivity index (χ0n) is 9.08. The summed E-state index contributed by atoms with van der Waals surface area (Å²) in [5.41, 5.74) is 2.36. The Kier molecular flexibility index (Phi) is 3.96. The normalized spacial score (nSPS) is 12.6. The fourth-order valence-corrected chi connectivity index (χ4v) is 1.46. The van der Waals surface area contributed by atoms with E-state index in [1.165, 1.54) is 5.56 Å². The van der Waals surface area contributed by atoms with Gasteiger partial charge in [-0.15, -0.1) is 0 Å². The first-order chi connectivity index (χ1) is 6.67. The number of benzene rings is 1. The number of hydrogen-bond donors (Lipinski definition) is 1. The zero-order valence-corrected chi connectivity index (χ0v) is 9.08. The Balaban J connectivity index is 2.79. The monoisotopic (exact) mass is 194 g/mol. The fourth-order valence-electron chi connectivity index (χ4n) is 1.46. The molecule has 1 rings (SSSR count). The predicted molar refractivity (Wildman–Crippen MR) is 57.7 cm³/mol. The van der Waals surface area contributed by atoms with Gasteiger partial charge in [0.25, 0.3) is 0 Å². The number of aliphatic hydroxyl groups excluding tert-OH is 1. The molecule has 0 saturated carbocycles. The highest BCUT2D eigenvalue weighted by molar-refractivity contribution is 5.36. The summed E-state index contributed by atoms with van der Waals surface area (Å²) < 4.78 is 5.24. The Morgan fingerprint density at radius 3 is 2.71 bits per heavy atom. The summed E-state index contributed by atoms with van der Waals surface area (Å²) in [6.07, 6.45) is 0.896. The van der Waals surface area contributed by atoms with Crippen LogP contribution >= 0.6 is 0 Å². The molecular formula is C12H18O2. The number of hydrogen-bond acceptors (Lipinski definition) is 2. The van der Waals surface area contributed by atoms with Crippen LogP contribution in [0.5, 0.6) is 5.75 Å². The van der Waals surface area contributed by atoms with Gasteiger partial charge < -0.3 is 9.84 Å². The van der Waals surface area contributed by atoms with Gasteiger partial charge in [-0.1, -0.05) is 19.1 Å². The summed E-state index contributed by atoms with van der Waals surface area (Å²) in [6, 6.07) is 6.18. The van der Waals surface area contributed by atoms with E-state index in [0.717, 1.165) is 17.7 Å². The molecule has 0 heterocycles. The van der Waals surface area contributed by atoms with Crippen LogP contribution in [0, 0.1) is 12.8 Å². The summed E-state index contributed by atoms with van der Waals surface area (Å²) >= 11 is 0. The van der Waals surface area contributed by atoms with Crippen LogP contribution in [0.15, 0.2) is 18.2 Å². The molecule has 1 aromatic rings. The molecule has 0 aliphatic rings. The highest BCUT2D eigenvalue weighted by Crippen LogP contribution is 2.20. The highest BCUT2D eigenvalue weighted by Gasteiger charge is 2.04. The molecule has 0 aliphatic carbocycles. The molecule has 78 valence electrons. The maximum Gasteiger partial charge on any atom is 0.122 e. The number of aryl methyl sites for hydroxylation is 1. The molecule has 0 aromatic heterocycles. The van der Waals surface area contributed by atoms with Gasteiger partial charge in [0, 0.05) is 6.61 Å². The molecule has 2 heteroatoms. The van der Waals surface area contributed by atoms with Gasteiger partial charge in [-0.25, -0.2) is 0 Å². The van der Waals surface area contributed by atoms with Crippen LogP contribution in [-0.4, -0.2) is 18.8 Å². The Labute approximate surface area is 85.5 Å². The molecule has 0 fully saturated rings. The van der Waals surface area contributed by atoms with E-state index in [2.05, 4.69) is 12.1 Å². The molecule has 2 nitrogen and oxygen atoms in total. The van der Waals surface area contributed by atoms with Gasteiger partial charge in [-0.05, 0) is 36.5 Å². The molecule has 0 saturated heterocycles. The Bertz CT molecular complexity index is 294. The highest BCUT2D eigenvalue weighted by atomic mass is 16.5. The van der Waals surface area contributed by atoms with Gasteiger partial charge in [0.1, 0.15) is 5.75 Å². The maximum atomic E-state index is 8.95. The topological polar surface area (TPSA) is 29.5 Å². The van der Waals surface area contributed by atoms with Crippen molar-refractivity contribution in [1.82, 2.24) is 0 Å². The Morgan fingerprint density at radius 2 is 2.14 bits per heavy atom. The predicted octanol–water partition coefficient (Wildman–Crippen LogP) is 2.17. The quantitative estimate of drug-likeness (QED) is 0.796. The lowest BCUT2D eigenvalue weighted by atomic mass is 10.0. The average Bonchev–Trinajstić information content (AvgIpc) is 2.20. The lowest BCUT2D eigenvalue weighted by Gasteiger charge is -2.10. The molecule has 14 heavy (non-hydrogen) atoms. The molecule has 1 atom stereocenters. The summed E-state index contributed by atoms with van der Waals surface area (Å²) in [5.74, 6) is 1.23. The molecule has 1 aromatic carbocycles. The van der Waals surface area contributed by atoms with Crippen LogP contribution < -0.4 is 4.74 Å². The molecular weight excluding hydrogens is 176 g/mol. The second-order valence-corrected chi connectivity index (χ2v) is 3.80. The van der Waals surface area contributed by atoms with Crippen LogP contribution in [0.4, 0.5) is 0 Å². The van der Waals surface area contributed by atoms with Crippen LogP contribution in [-0.2, 0) is 6.42 Å². The SMILES string of the molecule is COc1cc(CC(C)CO)ccc1C. The second-order valence-electron chi connectivity index (χ2n) is 3.80. The van der Waals surface area contributed by atoms with E-state index >= 15 is 0 Å². The standard InChI is InChI=1S/C12H18O2/c1-9(8-13)6-11-5-4-10(2)12(7-11)14-3/h4-5,7,9,13H,6,8H2,1-3H3. The summed E-state index contributed by atoms with van der Waals surface area (Å²) in [4.78, 5) is 0. The fraction of sp³-hybridized carbons (Fsp3) is 0.500. The summed E-state index contributed by atoms with van der Waals surface area (Å²) in [7, 11) is 1.68. The van der Waals surface area contributed by atoms with Gasteiger partial charge in [0.05, 0.1) is 7.11 Å². The molecule has 1 N–H and O–H groups in total. The van der Waals surface area contributed by atoms with Gasteiger partial charge in [-0.3, -0.25) is 0 Å². The first-order valence-corrected chi connectivity index (χ1v) is 4.91. The number of rotatable bonds is 4. The van der Waals surface area contributed by atoms with Crippen molar-refractivity contribution in [3.05, 3.63) is 29.3 Å². The van der Waals surface area contributed by atoms with Gasteiger partial charge >= 0.3 is 0 Å². The van der Waals surface area contributed by atoms with E-state index in [4.69, 9.17) is 9.84 Å². The molecule has 1 unspecified atom stereocenters. The molecule has 0 bridgehead atoms. The van der Waals surface area contributed by atoms with Crippen molar-refractivity contribution in [2.75, 3.05) is 13.7 Å². The summed E-state index contributed by atoms with van der Waals surface area (Å²) in [6.45, 7) is 4.29. The van der Waals surface area contributed by atoms with Crippen LogP contribution in [0.25, 0.3) is 0 Å². The average molecular weight is 194 g/mol. The van der Waals surface area contributed by atoms with Gasteiger partial charge in [0.2, 0.25) is 0 Å². The van der Waals surface area contributed by atoms with Crippen molar-refractivity contribution in [2.45, 2.75) is 20.3 Å². The Hall–Kier alpha value is -1.02. The van der Waals surface area contributed by atoms with E-state index in [0.29, 0.717) is 5.92 Å². The van der Waals surface area contributed by atoms with Crippen molar-refractivity contribution in [1.29, 1.82) is 0 Å². The van der Waals surface area contributed by atoms with E-state index in [1.807, 2.05) is 19.9 Å². The van der Waals surface area contributed by atoms with Crippen molar-refractivity contribution in [3.63, 3.8) is 0 Å². The minimum Gasteiger partial charge on any atom is -0.496 e. The minimum atomic E-state index is 0.232. The number of aliphatic hydroxyl groups is 1. The maximum absolute atomic E-state index is 8.95. The second kappa shape index (κ2) is 5.01. The van der Waals surface area contributed by atoms with E-state index in [1.54, 1.807) is 7.11 Å². The largest absolute Gasteiger partial charge is 0.496 e. The van der Waals surface area contributed by atoms with E-state index in [9.17, 15) is 0 Å². The van der Waals surface area contributed by atoms with Crippen molar-refractivity contribution < 1.29 is 9.84 Å². The lowest BCUT2D eigenvalue weighted by Crippen LogP contribution is -2.04. The number of methoxy groups -OCH3 is 1. The smallest absolute Gasteiger partial charge is 0.122 e. The number of ether oxygens (including phenoxy) is 1. The van der Waals surface area contributed by atoms with E-state index in [-0.39, 0.29) is 6.61 Å². The first-order valence-electron chi connectivity index (χ1n) is 4.91. The van der Waals surface area contributed by atoms with Gasteiger partial charge in [0.15, 0.2) is 0 Å². The molecule has 0 spiro atoms. The first kappa shape index (κ1) is 11.1. The third-order valence-corrected chi connectivity index (χ3v) is 2.37. The molecule has 0 radical (unpaired) electrons. The van der Waals surface area contributed by atoms with E-state index < -0.39 is 0 Å². The molecule has 0 aliphatic heterocycles. The minimum absolute atomic E-state index is 0.232. The third-order valence-electron chi connectivity index (χ3n) is 2.37. The van der Waals surface area contributed by atoms with Crippen molar-refractivity contribution >= 4 is 0 Å². The zero-order chi connectivity index (χ0) is 10.6. The Morgan fingerprint density at radius 1 is 1.43 bits per heavy atom. The van der Waals surface area contributed by atoms with Crippen LogP contribution in [0.3, 0.4) is 0 Å². The van der Waals surface area contributed by atoms with Crippen molar-refractivity contribution in [3.8, 4) is 5.75 Å². The van der Waals surface area contributed by atoms with Crippen LogP contribution in [0.2, 0.25) is 0 Å². The molecule has 0 amide bonds. The van der Waals surface area contributed by atoms with Crippen LogP contribution in [0.1, 0.15) is 18.1 Å².